The minimum Gasteiger partial charge on any atom is -0.311 e. The van der Waals surface area contributed by atoms with Crippen molar-refractivity contribution in [2.75, 3.05) is 12.4 Å². The third-order valence-corrected chi connectivity index (χ3v) is 1.74. The van der Waals surface area contributed by atoms with Crippen LogP contribution in [0.25, 0.3) is 0 Å². The fraction of sp³-hybridized carbons (Fsp3) is 0.778. The molecule has 0 aromatic carbocycles. The molecule has 1 nitrogen and oxygen atoms in total. The Kier molecular flexibility index (Phi) is 6.68. The Morgan fingerprint density at radius 3 is 2.64 bits per heavy atom. The van der Waals surface area contributed by atoms with Crippen LogP contribution in [0, 0.1) is 0 Å². The lowest BCUT2D eigenvalue weighted by Gasteiger charge is -2.09. The van der Waals surface area contributed by atoms with E-state index in [1.54, 1.807) is 0 Å². The largest absolute Gasteiger partial charge is 0.311 e. The lowest BCUT2D eigenvalue weighted by Crippen LogP contribution is -2.26. The topological polar surface area (TPSA) is 12.0 Å². The number of hydrogen-bond donors (Lipinski definition) is 1. The van der Waals surface area contributed by atoms with E-state index < -0.39 is 0 Å². The van der Waals surface area contributed by atoms with Crippen LogP contribution in [-0.2, 0) is 0 Å². The van der Waals surface area contributed by atoms with Crippen LogP contribution in [0.4, 0.5) is 0 Å². The Morgan fingerprint density at radius 2 is 2.18 bits per heavy atom. The lowest BCUT2D eigenvalue weighted by atomic mass is 10.2. The highest BCUT2D eigenvalue weighted by molar-refractivity contribution is 6.17. The quantitative estimate of drug-likeness (QED) is 0.500. The molecular formula is C9H18ClN. The molecule has 0 heterocycles. The Bertz CT molecular complexity index is 117. The van der Waals surface area contributed by atoms with Crippen molar-refractivity contribution in [2.24, 2.45) is 0 Å². The van der Waals surface area contributed by atoms with E-state index in [0.29, 0.717) is 6.04 Å². The molecule has 0 rings (SSSR count). The van der Waals surface area contributed by atoms with Crippen molar-refractivity contribution in [2.45, 2.75) is 33.2 Å². The number of nitrogens with one attached hydrogen (secondary N) is 1. The molecule has 0 saturated carbocycles. The highest BCUT2D eigenvalue weighted by Crippen LogP contribution is 1.93. The normalized spacial score (nSPS) is 12.7. The van der Waals surface area contributed by atoms with Crippen LogP contribution < -0.4 is 5.32 Å². The third kappa shape index (κ3) is 7.89. The first-order valence-corrected chi connectivity index (χ1v) is 4.63. The average molecular weight is 176 g/mol. The summed E-state index contributed by atoms with van der Waals surface area (Å²) < 4.78 is 0. The van der Waals surface area contributed by atoms with Gasteiger partial charge in [0.05, 0.1) is 0 Å². The van der Waals surface area contributed by atoms with Gasteiger partial charge in [-0.15, -0.1) is 11.6 Å². The van der Waals surface area contributed by atoms with Gasteiger partial charge in [-0.1, -0.05) is 11.6 Å². The van der Waals surface area contributed by atoms with E-state index in [0.717, 1.165) is 18.8 Å². The first-order valence-electron chi connectivity index (χ1n) is 4.09. The summed E-state index contributed by atoms with van der Waals surface area (Å²) in [5.41, 5.74) is 1.36. The zero-order chi connectivity index (χ0) is 8.69. The summed E-state index contributed by atoms with van der Waals surface area (Å²) in [5.74, 6) is 0.739. The number of allylic oxidation sites excluding steroid dienone is 1. The number of rotatable bonds is 5. The molecule has 1 unspecified atom stereocenters. The number of alkyl halides is 1. The first kappa shape index (κ1) is 11.0. The van der Waals surface area contributed by atoms with Gasteiger partial charge in [-0.25, -0.2) is 0 Å². The molecule has 0 aromatic rings. The molecule has 11 heavy (non-hydrogen) atoms. The van der Waals surface area contributed by atoms with E-state index in [1.807, 2.05) is 0 Å². The molecular weight excluding hydrogens is 158 g/mol. The van der Waals surface area contributed by atoms with Crippen LogP contribution in [0.1, 0.15) is 27.2 Å². The van der Waals surface area contributed by atoms with E-state index >= 15 is 0 Å². The zero-order valence-corrected chi connectivity index (χ0v) is 8.41. The van der Waals surface area contributed by atoms with Crippen LogP contribution in [-0.4, -0.2) is 18.5 Å². The molecule has 1 atom stereocenters. The SMILES string of the molecule is CC(C)=CCNC(C)CCCl. The van der Waals surface area contributed by atoms with Crippen LogP contribution in [0.5, 0.6) is 0 Å². The average Bonchev–Trinajstić information content (AvgIpc) is 1.87. The third-order valence-electron chi connectivity index (χ3n) is 1.52. The summed E-state index contributed by atoms with van der Waals surface area (Å²) in [4.78, 5) is 0. The lowest BCUT2D eigenvalue weighted by molar-refractivity contribution is 0.569. The second kappa shape index (κ2) is 6.68. The molecule has 0 aliphatic rings. The predicted octanol–water partition coefficient (Wildman–Crippen LogP) is 2.56. The summed E-state index contributed by atoms with van der Waals surface area (Å²) in [6.07, 6.45) is 3.23. The molecule has 0 aromatic heterocycles. The maximum absolute atomic E-state index is 5.58. The van der Waals surface area contributed by atoms with Crippen molar-refractivity contribution in [1.29, 1.82) is 0 Å². The van der Waals surface area contributed by atoms with Gasteiger partial charge >= 0.3 is 0 Å². The Morgan fingerprint density at radius 1 is 1.55 bits per heavy atom. The highest BCUT2D eigenvalue weighted by Gasteiger charge is 1.96. The van der Waals surface area contributed by atoms with Crippen molar-refractivity contribution in [3.05, 3.63) is 11.6 Å². The second-order valence-electron chi connectivity index (χ2n) is 3.07. The maximum atomic E-state index is 5.58. The molecule has 0 bridgehead atoms. The molecule has 0 aliphatic carbocycles. The van der Waals surface area contributed by atoms with Crippen LogP contribution in [0.2, 0.25) is 0 Å². The first-order chi connectivity index (χ1) is 5.16. The van der Waals surface area contributed by atoms with E-state index in [1.165, 1.54) is 5.57 Å². The van der Waals surface area contributed by atoms with Gasteiger partial charge in [0.25, 0.3) is 0 Å². The Labute approximate surface area is 74.8 Å². The van der Waals surface area contributed by atoms with E-state index in [9.17, 15) is 0 Å². The minimum atomic E-state index is 0.531. The number of halogens is 1. The van der Waals surface area contributed by atoms with Gasteiger partial charge in [0.15, 0.2) is 0 Å². The van der Waals surface area contributed by atoms with Crippen molar-refractivity contribution in [3.8, 4) is 0 Å². The smallest absolute Gasteiger partial charge is 0.0238 e. The molecule has 1 N–H and O–H groups in total. The van der Waals surface area contributed by atoms with E-state index in [4.69, 9.17) is 11.6 Å². The maximum Gasteiger partial charge on any atom is 0.0238 e. The van der Waals surface area contributed by atoms with Gasteiger partial charge in [-0.2, -0.15) is 0 Å². The summed E-state index contributed by atoms with van der Waals surface area (Å²) in [6, 6.07) is 0.531. The fourth-order valence-corrected chi connectivity index (χ4v) is 1.06. The van der Waals surface area contributed by atoms with Gasteiger partial charge in [0.1, 0.15) is 0 Å². The minimum absolute atomic E-state index is 0.531. The zero-order valence-electron chi connectivity index (χ0n) is 7.65. The molecule has 0 radical (unpaired) electrons. The summed E-state index contributed by atoms with van der Waals surface area (Å²) in [7, 11) is 0. The Hall–Kier alpha value is -0.0100. The predicted molar refractivity (Wildman–Crippen MR) is 52.2 cm³/mol. The monoisotopic (exact) mass is 175 g/mol. The number of hydrogen-bond acceptors (Lipinski definition) is 1. The summed E-state index contributed by atoms with van der Waals surface area (Å²) >= 11 is 5.58. The van der Waals surface area contributed by atoms with Gasteiger partial charge in [-0.3, -0.25) is 0 Å². The molecule has 0 saturated heterocycles. The molecule has 0 spiro atoms. The van der Waals surface area contributed by atoms with Crippen molar-refractivity contribution >= 4 is 11.6 Å². The van der Waals surface area contributed by atoms with Gasteiger partial charge < -0.3 is 5.32 Å². The molecule has 0 aliphatic heterocycles. The van der Waals surface area contributed by atoms with E-state index in [2.05, 4.69) is 32.2 Å². The van der Waals surface area contributed by atoms with Gasteiger partial charge in [0.2, 0.25) is 0 Å². The van der Waals surface area contributed by atoms with Gasteiger partial charge in [-0.05, 0) is 27.2 Å². The molecule has 0 fully saturated rings. The Balaban J connectivity index is 3.31. The molecule has 66 valence electrons. The van der Waals surface area contributed by atoms with Gasteiger partial charge in [0, 0.05) is 18.5 Å². The second-order valence-corrected chi connectivity index (χ2v) is 3.45. The van der Waals surface area contributed by atoms with Crippen LogP contribution in [0.3, 0.4) is 0 Å². The van der Waals surface area contributed by atoms with E-state index in [-0.39, 0.29) is 0 Å². The molecule has 0 amide bonds. The van der Waals surface area contributed by atoms with Crippen molar-refractivity contribution in [3.63, 3.8) is 0 Å². The standard InChI is InChI=1S/C9H18ClN/c1-8(2)5-7-11-9(3)4-6-10/h5,9,11H,4,6-7H2,1-3H3. The fourth-order valence-electron chi connectivity index (χ4n) is 0.730. The van der Waals surface area contributed by atoms with Crippen LogP contribution in [0.15, 0.2) is 11.6 Å². The molecule has 2 heteroatoms. The van der Waals surface area contributed by atoms with Crippen LogP contribution >= 0.6 is 11.6 Å². The highest BCUT2D eigenvalue weighted by atomic mass is 35.5. The summed E-state index contributed by atoms with van der Waals surface area (Å²) in [6.45, 7) is 7.32. The van der Waals surface area contributed by atoms with Crippen molar-refractivity contribution in [1.82, 2.24) is 5.32 Å². The summed E-state index contributed by atoms with van der Waals surface area (Å²) in [5, 5.41) is 3.35. The van der Waals surface area contributed by atoms with Crippen molar-refractivity contribution < 1.29 is 0 Å².